The second kappa shape index (κ2) is 9.90. The maximum atomic E-state index is 12.1. The predicted octanol–water partition coefficient (Wildman–Crippen LogP) is 5.31. The van der Waals surface area contributed by atoms with Crippen LogP contribution in [0, 0.1) is 6.92 Å². The zero-order chi connectivity index (χ0) is 19.8. The fourth-order valence-electron chi connectivity index (χ4n) is 2.54. The Balaban J connectivity index is 1.53. The van der Waals surface area contributed by atoms with Crippen molar-refractivity contribution < 1.29 is 14.3 Å². The molecule has 0 spiro atoms. The lowest BCUT2D eigenvalue weighted by Crippen LogP contribution is -2.20. The molecule has 5 nitrogen and oxygen atoms in total. The minimum atomic E-state index is -0.233. The molecule has 0 bridgehead atoms. The first-order chi connectivity index (χ1) is 13.7. The van der Waals surface area contributed by atoms with Gasteiger partial charge in [0.1, 0.15) is 11.5 Å². The third-order valence-corrected chi connectivity index (χ3v) is 4.88. The molecule has 0 aliphatic heterocycles. The minimum absolute atomic E-state index is 0.0520. The number of nitrogens with zero attached hydrogens (tertiary/aromatic N) is 1. The summed E-state index contributed by atoms with van der Waals surface area (Å²) in [5, 5.41) is 5.26. The molecular weight excluding hydrogens is 372 g/mol. The standard InChI is InChI=1S/C22H24N2O3S/c1-3-4-13-26-18-11-9-17(10-12-18)19-15-28-22(23-19)24-21(25)14-27-20-8-6-5-7-16(20)2/h5-12,15H,3-4,13-14H2,1-2H3,(H,23,24,25). The zero-order valence-electron chi connectivity index (χ0n) is 16.1. The summed E-state index contributed by atoms with van der Waals surface area (Å²) in [5.74, 6) is 1.33. The first kappa shape index (κ1) is 19.9. The van der Waals surface area contributed by atoms with E-state index >= 15 is 0 Å². The van der Waals surface area contributed by atoms with Crippen molar-refractivity contribution >= 4 is 22.4 Å². The number of benzene rings is 2. The highest BCUT2D eigenvalue weighted by atomic mass is 32.1. The Hall–Kier alpha value is -2.86. The van der Waals surface area contributed by atoms with Crippen molar-refractivity contribution in [2.45, 2.75) is 26.7 Å². The van der Waals surface area contributed by atoms with Gasteiger partial charge in [0, 0.05) is 10.9 Å². The van der Waals surface area contributed by atoms with Crippen molar-refractivity contribution in [3.63, 3.8) is 0 Å². The number of hydrogen-bond acceptors (Lipinski definition) is 5. The Morgan fingerprint density at radius 2 is 1.89 bits per heavy atom. The normalized spacial score (nSPS) is 10.5. The molecule has 0 radical (unpaired) electrons. The molecule has 1 N–H and O–H groups in total. The van der Waals surface area contributed by atoms with Gasteiger partial charge in [-0.2, -0.15) is 0 Å². The number of unbranched alkanes of at least 4 members (excludes halogenated alkanes) is 1. The van der Waals surface area contributed by atoms with Gasteiger partial charge in [0.05, 0.1) is 12.3 Å². The van der Waals surface area contributed by atoms with Crippen molar-refractivity contribution in [2.75, 3.05) is 18.5 Å². The first-order valence-electron chi connectivity index (χ1n) is 9.32. The molecule has 0 atom stereocenters. The van der Waals surface area contributed by atoms with Crippen LogP contribution in [-0.2, 0) is 4.79 Å². The van der Waals surface area contributed by atoms with Crippen LogP contribution in [0.5, 0.6) is 11.5 Å². The van der Waals surface area contributed by atoms with Crippen molar-refractivity contribution in [1.29, 1.82) is 0 Å². The molecule has 28 heavy (non-hydrogen) atoms. The first-order valence-corrected chi connectivity index (χ1v) is 10.2. The molecule has 0 saturated carbocycles. The van der Waals surface area contributed by atoms with Crippen LogP contribution in [0.25, 0.3) is 11.3 Å². The quantitative estimate of drug-likeness (QED) is 0.498. The molecule has 0 unspecified atom stereocenters. The second-order valence-electron chi connectivity index (χ2n) is 6.37. The molecular formula is C22H24N2O3S. The van der Waals surface area contributed by atoms with Crippen molar-refractivity contribution in [3.05, 3.63) is 59.5 Å². The number of aromatic nitrogens is 1. The number of carbonyl (C=O) groups is 1. The molecule has 0 aliphatic carbocycles. The minimum Gasteiger partial charge on any atom is -0.494 e. The van der Waals surface area contributed by atoms with Crippen LogP contribution in [0.2, 0.25) is 0 Å². The fourth-order valence-corrected chi connectivity index (χ4v) is 3.27. The van der Waals surface area contributed by atoms with Gasteiger partial charge in [-0.3, -0.25) is 10.1 Å². The van der Waals surface area contributed by atoms with Gasteiger partial charge < -0.3 is 9.47 Å². The number of anilines is 1. The Bertz CT molecular complexity index is 906. The van der Waals surface area contributed by atoms with Crippen LogP contribution < -0.4 is 14.8 Å². The van der Waals surface area contributed by atoms with Gasteiger partial charge in [-0.15, -0.1) is 11.3 Å². The van der Waals surface area contributed by atoms with E-state index in [1.807, 2.05) is 60.8 Å². The smallest absolute Gasteiger partial charge is 0.264 e. The van der Waals surface area contributed by atoms with E-state index in [2.05, 4.69) is 17.2 Å². The summed E-state index contributed by atoms with van der Waals surface area (Å²) in [4.78, 5) is 16.6. The number of carbonyl (C=O) groups excluding carboxylic acids is 1. The number of aryl methyl sites for hydroxylation is 1. The van der Waals surface area contributed by atoms with E-state index in [9.17, 15) is 4.79 Å². The number of para-hydroxylation sites is 1. The van der Waals surface area contributed by atoms with Crippen LogP contribution in [0.1, 0.15) is 25.3 Å². The van der Waals surface area contributed by atoms with Crippen LogP contribution in [-0.4, -0.2) is 24.1 Å². The maximum Gasteiger partial charge on any atom is 0.264 e. The van der Waals surface area contributed by atoms with Crippen molar-refractivity contribution in [3.8, 4) is 22.8 Å². The van der Waals surface area contributed by atoms with Crippen molar-refractivity contribution in [1.82, 2.24) is 4.98 Å². The Morgan fingerprint density at radius 1 is 1.11 bits per heavy atom. The monoisotopic (exact) mass is 396 g/mol. The molecule has 1 amide bonds. The van der Waals surface area contributed by atoms with Crippen LogP contribution in [0.15, 0.2) is 53.9 Å². The summed E-state index contributed by atoms with van der Waals surface area (Å²) < 4.78 is 11.2. The fraction of sp³-hybridized carbons (Fsp3) is 0.273. The number of hydrogen-bond donors (Lipinski definition) is 1. The lowest BCUT2D eigenvalue weighted by atomic mass is 10.2. The van der Waals surface area contributed by atoms with E-state index in [0.29, 0.717) is 10.9 Å². The average molecular weight is 397 g/mol. The maximum absolute atomic E-state index is 12.1. The summed E-state index contributed by atoms with van der Waals surface area (Å²) >= 11 is 1.39. The Morgan fingerprint density at radius 3 is 2.64 bits per heavy atom. The van der Waals surface area contributed by atoms with E-state index in [1.54, 1.807) is 0 Å². The topological polar surface area (TPSA) is 60.5 Å². The van der Waals surface area contributed by atoms with E-state index < -0.39 is 0 Å². The molecule has 3 rings (SSSR count). The lowest BCUT2D eigenvalue weighted by Gasteiger charge is -2.08. The summed E-state index contributed by atoms with van der Waals surface area (Å²) in [6.45, 7) is 4.76. The summed E-state index contributed by atoms with van der Waals surface area (Å²) in [6.07, 6.45) is 2.16. The Labute approximate surface area is 169 Å². The number of nitrogens with one attached hydrogen (secondary N) is 1. The van der Waals surface area contributed by atoms with E-state index in [1.165, 1.54) is 11.3 Å². The van der Waals surface area contributed by atoms with Crippen molar-refractivity contribution in [2.24, 2.45) is 0 Å². The van der Waals surface area contributed by atoms with Gasteiger partial charge in [0.25, 0.3) is 5.91 Å². The summed E-state index contributed by atoms with van der Waals surface area (Å²) in [6, 6.07) is 15.4. The largest absolute Gasteiger partial charge is 0.494 e. The molecule has 3 aromatic rings. The van der Waals surface area contributed by atoms with Crippen LogP contribution in [0.4, 0.5) is 5.13 Å². The van der Waals surface area contributed by atoms with E-state index in [-0.39, 0.29) is 12.5 Å². The number of ether oxygens (including phenoxy) is 2. The third-order valence-electron chi connectivity index (χ3n) is 4.12. The van der Waals surface area contributed by atoms with Gasteiger partial charge in [0.2, 0.25) is 0 Å². The van der Waals surface area contributed by atoms with Gasteiger partial charge in [-0.05, 0) is 49.2 Å². The zero-order valence-corrected chi connectivity index (χ0v) is 16.9. The predicted molar refractivity (Wildman–Crippen MR) is 113 cm³/mol. The van der Waals surface area contributed by atoms with E-state index in [0.717, 1.165) is 42.0 Å². The van der Waals surface area contributed by atoms with Crippen LogP contribution in [0.3, 0.4) is 0 Å². The summed E-state index contributed by atoms with van der Waals surface area (Å²) in [5.41, 5.74) is 2.80. The lowest BCUT2D eigenvalue weighted by molar-refractivity contribution is -0.118. The van der Waals surface area contributed by atoms with Gasteiger partial charge in [0.15, 0.2) is 11.7 Å². The summed E-state index contributed by atoms with van der Waals surface area (Å²) in [7, 11) is 0. The van der Waals surface area contributed by atoms with E-state index in [4.69, 9.17) is 9.47 Å². The SMILES string of the molecule is CCCCOc1ccc(-c2csc(NC(=O)COc3ccccc3C)n2)cc1. The highest BCUT2D eigenvalue weighted by Crippen LogP contribution is 2.26. The van der Waals surface area contributed by atoms with Gasteiger partial charge in [-0.1, -0.05) is 31.5 Å². The second-order valence-corrected chi connectivity index (χ2v) is 7.22. The molecule has 0 aliphatic rings. The molecule has 6 heteroatoms. The number of thiazole rings is 1. The molecule has 2 aromatic carbocycles. The molecule has 0 fully saturated rings. The number of rotatable bonds is 9. The molecule has 0 saturated heterocycles. The third kappa shape index (κ3) is 5.57. The molecule has 1 heterocycles. The van der Waals surface area contributed by atoms with Gasteiger partial charge >= 0.3 is 0 Å². The van der Waals surface area contributed by atoms with Crippen LogP contribution >= 0.6 is 11.3 Å². The Kier molecular flexibility index (Phi) is 7.03. The molecule has 1 aromatic heterocycles. The van der Waals surface area contributed by atoms with Gasteiger partial charge in [-0.25, -0.2) is 4.98 Å². The highest BCUT2D eigenvalue weighted by Gasteiger charge is 2.10. The molecule has 146 valence electrons. The highest BCUT2D eigenvalue weighted by molar-refractivity contribution is 7.14. The number of amides is 1. The average Bonchev–Trinajstić information content (AvgIpc) is 3.16.